The van der Waals surface area contributed by atoms with Crippen LogP contribution in [0.25, 0.3) is 0 Å². The highest BCUT2D eigenvalue weighted by atomic mass is 35.5. The minimum atomic E-state index is -4.71. The van der Waals surface area contributed by atoms with Crippen molar-refractivity contribution in [1.82, 2.24) is 19.3 Å². The van der Waals surface area contributed by atoms with E-state index < -0.39 is 35.3 Å². The average Bonchev–Trinajstić information content (AvgIpc) is 3.68. The van der Waals surface area contributed by atoms with Gasteiger partial charge < -0.3 is 20.1 Å². The summed E-state index contributed by atoms with van der Waals surface area (Å²) >= 11 is 5.85. The molecule has 226 valence electrons. The molecular weight excluding hydrogens is 578 g/mol. The lowest BCUT2D eigenvalue weighted by atomic mass is 9.87. The van der Waals surface area contributed by atoms with Crippen LogP contribution in [0.2, 0.25) is 5.02 Å². The highest BCUT2D eigenvalue weighted by Gasteiger charge is 2.54. The molecule has 3 N–H and O–H groups in total. The van der Waals surface area contributed by atoms with Gasteiger partial charge in [-0.1, -0.05) is 11.6 Å². The number of aliphatic hydroxyl groups excluding tert-OH is 1. The van der Waals surface area contributed by atoms with Crippen molar-refractivity contribution in [2.75, 3.05) is 5.32 Å². The standard InChI is InChI=1S/C29H32ClF4N5O3/c1-38-14-35-24(25(38)27(41)36-18-2-7-23(31)22(30)10-18)15-8-16-11-28(42,12-17(16)9-15)21-13-39(37-26(21)29(32,33)34)19-3-5-20(40)6-4-19/h2,7,10,13-17,19-20,40,42H,3-6,8-9,11-12H2,1H3,(H,36,41). The minimum Gasteiger partial charge on any atom is -0.393 e. The second-order valence-electron chi connectivity index (χ2n) is 12.1. The van der Waals surface area contributed by atoms with Gasteiger partial charge in [-0.25, -0.2) is 9.37 Å². The van der Waals surface area contributed by atoms with E-state index in [1.165, 1.54) is 23.0 Å². The maximum absolute atomic E-state index is 14.1. The lowest BCUT2D eigenvalue weighted by Gasteiger charge is -2.26. The lowest BCUT2D eigenvalue weighted by molar-refractivity contribution is -0.144. The van der Waals surface area contributed by atoms with Gasteiger partial charge in [0.05, 0.1) is 34.8 Å². The first-order chi connectivity index (χ1) is 19.8. The first-order valence-electron chi connectivity index (χ1n) is 14.2. The van der Waals surface area contributed by atoms with E-state index >= 15 is 0 Å². The fourth-order valence-electron chi connectivity index (χ4n) is 7.35. The molecule has 2 heterocycles. The molecule has 3 aliphatic carbocycles. The van der Waals surface area contributed by atoms with Gasteiger partial charge in [0.1, 0.15) is 11.5 Å². The maximum Gasteiger partial charge on any atom is 0.435 e. The fraction of sp³-hybridized carbons (Fsp3) is 0.552. The summed E-state index contributed by atoms with van der Waals surface area (Å²) in [5.41, 5.74) is -1.63. The Labute approximate surface area is 244 Å². The highest BCUT2D eigenvalue weighted by molar-refractivity contribution is 6.31. The number of aliphatic hydroxyl groups is 2. The van der Waals surface area contributed by atoms with Crippen molar-refractivity contribution in [1.29, 1.82) is 0 Å². The van der Waals surface area contributed by atoms with Crippen LogP contribution in [-0.2, 0) is 18.8 Å². The number of fused-ring (bicyclic) bond motifs is 1. The molecule has 2 aromatic heterocycles. The van der Waals surface area contributed by atoms with E-state index in [9.17, 15) is 32.6 Å². The zero-order valence-corrected chi connectivity index (χ0v) is 23.7. The summed E-state index contributed by atoms with van der Waals surface area (Å²) in [6.45, 7) is 0. The zero-order chi connectivity index (χ0) is 30.0. The van der Waals surface area contributed by atoms with Gasteiger partial charge in [0.15, 0.2) is 5.69 Å². The lowest BCUT2D eigenvalue weighted by Crippen LogP contribution is -2.26. The van der Waals surface area contributed by atoms with Gasteiger partial charge in [-0.15, -0.1) is 0 Å². The predicted octanol–water partition coefficient (Wildman–Crippen LogP) is 5.95. The van der Waals surface area contributed by atoms with Crippen LogP contribution in [0, 0.1) is 17.7 Å². The average molecular weight is 610 g/mol. The molecule has 1 aromatic carbocycles. The summed E-state index contributed by atoms with van der Waals surface area (Å²) in [6.07, 6.45) is 1.28. The number of carbonyl (C=O) groups excluding carboxylic acids is 1. The molecule has 0 saturated heterocycles. The van der Waals surface area contributed by atoms with E-state index in [1.807, 2.05) is 0 Å². The van der Waals surface area contributed by atoms with Crippen molar-refractivity contribution in [2.24, 2.45) is 18.9 Å². The Morgan fingerprint density at radius 3 is 2.43 bits per heavy atom. The number of benzene rings is 1. The molecule has 1 amide bonds. The molecule has 3 fully saturated rings. The van der Waals surface area contributed by atoms with E-state index in [-0.39, 0.29) is 47.2 Å². The number of anilines is 1. The van der Waals surface area contributed by atoms with Crippen molar-refractivity contribution < 1.29 is 32.6 Å². The molecule has 3 aromatic rings. The Bertz CT molecular complexity index is 1480. The van der Waals surface area contributed by atoms with E-state index in [2.05, 4.69) is 15.4 Å². The first-order valence-corrected chi connectivity index (χ1v) is 14.5. The summed E-state index contributed by atoms with van der Waals surface area (Å²) in [7, 11) is 1.70. The number of rotatable bonds is 5. The van der Waals surface area contributed by atoms with Crippen LogP contribution in [0.3, 0.4) is 0 Å². The Kier molecular flexibility index (Phi) is 7.38. The summed E-state index contributed by atoms with van der Waals surface area (Å²) in [4.78, 5) is 17.7. The molecule has 0 aliphatic heterocycles. The second kappa shape index (κ2) is 10.6. The summed E-state index contributed by atoms with van der Waals surface area (Å²) in [5, 5.41) is 28.0. The topological polar surface area (TPSA) is 105 Å². The quantitative estimate of drug-likeness (QED) is 0.310. The molecule has 2 unspecified atom stereocenters. The molecule has 2 atom stereocenters. The number of nitrogens with zero attached hydrogens (tertiary/aromatic N) is 4. The Morgan fingerprint density at radius 1 is 1.14 bits per heavy atom. The molecule has 0 radical (unpaired) electrons. The minimum absolute atomic E-state index is 0.0527. The molecule has 6 rings (SSSR count). The van der Waals surface area contributed by atoms with Crippen LogP contribution in [0.15, 0.2) is 30.7 Å². The normalized spacial score (nSPS) is 29.6. The van der Waals surface area contributed by atoms with Crippen LogP contribution >= 0.6 is 11.6 Å². The van der Waals surface area contributed by atoms with E-state index in [0.717, 1.165) is 6.07 Å². The van der Waals surface area contributed by atoms with Crippen molar-refractivity contribution in [3.63, 3.8) is 0 Å². The summed E-state index contributed by atoms with van der Waals surface area (Å²) < 4.78 is 58.8. The number of imidazole rings is 1. The molecule has 3 saturated carbocycles. The maximum atomic E-state index is 14.1. The SMILES string of the molecule is Cn1cnc(C2CC3CC(O)(c4cn(C5CCC(O)CC5)nc4C(F)(F)F)CC3C2)c1C(=O)Nc1ccc(F)c(Cl)c1. The Balaban J connectivity index is 1.20. The van der Waals surface area contributed by atoms with Crippen molar-refractivity contribution in [2.45, 2.75) is 81.2 Å². The van der Waals surface area contributed by atoms with Gasteiger partial charge in [-0.3, -0.25) is 9.48 Å². The number of hydrogen-bond donors (Lipinski definition) is 3. The number of aromatic nitrogens is 4. The summed E-state index contributed by atoms with van der Waals surface area (Å²) in [6, 6.07) is 3.64. The number of hydrogen-bond acceptors (Lipinski definition) is 5. The number of amides is 1. The zero-order valence-electron chi connectivity index (χ0n) is 22.9. The van der Waals surface area contributed by atoms with Crippen molar-refractivity contribution >= 4 is 23.2 Å². The summed E-state index contributed by atoms with van der Waals surface area (Å²) in [5.74, 6) is -1.25. The highest BCUT2D eigenvalue weighted by Crippen LogP contribution is 2.58. The van der Waals surface area contributed by atoms with Gasteiger partial charge in [0.25, 0.3) is 5.91 Å². The monoisotopic (exact) mass is 609 g/mol. The van der Waals surface area contributed by atoms with Gasteiger partial charge in [0, 0.05) is 30.4 Å². The third-order valence-corrected chi connectivity index (χ3v) is 9.62. The van der Waals surface area contributed by atoms with Gasteiger partial charge >= 0.3 is 6.18 Å². The molecule has 13 heteroatoms. The van der Waals surface area contributed by atoms with Crippen LogP contribution in [0.1, 0.15) is 90.8 Å². The first kappa shape index (κ1) is 29.1. The number of aryl methyl sites for hydroxylation is 1. The van der Waals surface area contributed by atoms with Crippen molar-refractivity contribution in [3.05, 3.63) is 64.2 Å². The number of alkyl halides is 3. The molecule has 0 bridgehead atoms. The second-order valence-corrected chi connectivity index (χ2v) is 12.5. The number of nitrogens with one attached hydrogen (secondary N) is 1. The molecule has 0 spiro atoms. The molecular formula is C29H32ClF4N5O3. The molecule has 42 heavy (non-hydrogen) atoms. The van der Waals surface area contributed by atoms with Crippen LogP contribution in [0.5, 0.6) is 0 Å². The van der Waals surface area contributed by atoms with Crippen LogP contribution in [-0.4, -0.2) is 41.6 Å². The largest absolute Gasteiger partial charge is 0.435 e. The van der Waals surface area contributed by atoms with Gasteiger partial charge in [-0.2, -0.15) is 18.3 Å². The third kappa shape index (κ3) is 5.33. The smallest absolute Gasteiger partial charge is 0.393 e. The van der Waals surface area contributed by atoms with Gasteiger partial charge in [0.2, 0.25) is 0 Å². The molecule has 8 nitrogen and oxygen atoms in total. The number of halogens is 5. The Hall–Kier alpha value is -2.96. The predicted molar refractivity (Wildman–Crippen MR) is 145 cm³/mol. The van der Waals surface area contributed by atoms with Gasteiger partial charge in [-0.05, 0) is 81.4 Å². The van der Waals surface area contributed by atoms with E-state index in [4.69, 9.17) is 11.6 Å². The Morgan fingerprint density at radius 2 is 1.81 bits per heavy atom. The third-order valence-electron chi connectivity index (χ3n) is 9.33. The fourth-order valence-corrected chi connectivity index (χ4v) is 7.53. The van der Waals surface area contributed by atoms with E-state index in [0.29, 0.717) is 55.6 Å². The van der Waals surface area contributed by atoms with Crippen molar-refractivity contribution in [3.8, 4) is 0 Å². The molecule has 3 aliphatic rings. The van der Waals surface area contributed by atoms with E-state index in [1.54, 1.807) is 17.9 Å². The van der Waals surface area contributed by atoms with Crippen LogP contribution in [0.4, 0.5) is 23.2 Å². The van der Waals surface area contributed by atoms with Crippen LogP contribution < -0.4 is 5.32 Å². The number of carbonyl (C=O) groups is 1.